The molecule has 17 heavy (non-hydrogen) atoms. The third kappa shape index (κ3) is 2.46. The topological polar surface area (TPSA) is 59.0 Å². The minimum Gasteiger partial charge on any atom is -0.480 e. The second-order valence-electron chi connectivity index (χ2n) is 4.89. The summed E-state index contributed by atoms with van der Waals surface area (Å²) >= 11 is 0. The summed E-state index contributed by atoms with van der Waals surface area (Å²) in [6, 6.07) is 0. The van der Waals surface area contributed by atoms with E-state index in [9.17, 15) is 9.90 Å². The Balaban J connectivity index is 2.15. The zero-order chi connectivity index (χ0) is 12.3. The summed E-state index contributed by atoms with van der Waals surface area (Å²) in [6.07, 6.45) is 3.28. The van der Waals surface area contributed by atoms with Crippen LogP contribution in [0.25, 0.3) is 0 Å². The van der Waals surface area contributed by atoms with Crippen molar-refractivity contribution in [3.63, 3.8) is 0 Å². The van der Waals surface area contributed by atoms with Gasteiger partial charge in [0.05, 0.1) is 19.3 Å². The van der Waals surface area contributed by atoms with Crippen LogP contribution in [0.3, 0.4) is 0 Å². The van der Waals surface area contributed by atoms with Crippen LogP contribution in [0.5, 0.6) is 0 Å². The third-order valence-electron chi connectivity index (χ3n) is 4.03. The highest BCUT2D eigenvalue weighted by molar-refractivity contribution is 5.79. The lowest BCUT2D eigenvalue weighted by Gasteiger charge is -2.46. The van der Waals surface area contributed by atoms with Crippen molar-refractivity contribution < 1.29 is 19.4 Å². The molecule has 1 saturated heterocycles. The van der Waals surface area contributed by atoms with E-state index in [2.05, 4.69) is 4.90 Å². The molecule has 0 aromatic rings. The van der Waals surface area contributed by atoms with Gasteiger partial charge in [-0.2, -0.15) is 0 Å². The van der Waals surface area contributed by atoms with E-state index in [4.69, 9.17) is 9.47 Å². The van der Waals surface area contributed by atoms with Gasteiger partial charge >= 0.3 is 5.97 Å². The van der Waals surface area contributed by atoms with Crippen LogP contribution in [-0.4, -0.2) is 61.0 Å². The Morgan fingerprint density at radius 3 is 2.76 bits per heavy atom. The van der Waals surface area contributed by atoms with Gasteiger partial charge in [-0.3, -0.25) is 9.69 Å². The molecular formula is C12H21NO4. The molecule has 2 aliphatic rings. The minimum absolute atomic E-state index is 0.0719. The lowest BCUT2D eigenvalue weighted by Crippen LogP contribution is -2.61. The van der Waals surface area contributed by atoms with Crippen LogP contribution < -0.4 is 0 Å². The van der Waals surface area contributed by atoms with E-state index >= 15 is 0 Å². The average molecular weight is 243 g/mol. The summed E-state index contributed by atoms with van der Waals surface area (Å²) in [6.45, 7) is 2.69. The molecule has 2 atom stereocenters. The van der Waals surface area contributed by atoms with Gasteiger partial charge in [0.2, 0.25) is 0 Å². The number of carboxylic acid groups (broad SMARTS) is 1. The van der Waals surface area contributed by atoms with Crippen molar-refractivity contribution in [2.75, 3.05) is 33.4 Å². The first kappa shape index (κ1) is 12.8. The molecule has 0 radical (unpaired) electrons. The fourth-order valence-electron chi connectivity index (χ4n) is 3.01. The predicted octanol–water partition coefficient (Wildman–Crippen LogP) is 0.731. The van der Waals surface area contributed by atoms with Crippen molar-refractivity contribution in [3.8, 4) is 0 Å². The standard InChI is InChI=1S/C12H21NO4/c1-16-10-3-2-4-12(9-10,11(14)15)13-5-7-17-8-6-13/h10H,2-9H2,1H3,(H,14,15). The van der Waals surface area contributed by atoms with Crippen molar-refractivity contribution in [2.24, 2.45) is 0 Å². The Hall–Kier alpha value is -0.650. The van der Waals surface area contributed by atoms with Crippen molar-refractivity contribution in [2.45, 2.75) is 37.3 Å². The summed E-state index contributed by atoms with van der Waals surface area (Å²) in [5.41, 5.74) is -0.733. The molecule has 0 aromatic heterocycles. The Kier molecular flexibility index (Phi) is 4.01. The van der Waals surface area contributed by atoms with Gasteiger partial charge in [0.25, 0.3) is 0 Å². The highest BCUT2D eigenvalue weighted by atomic mass is 16.5. The number of nitrogens with zero attached hydrogens (tertiary/aromatic N) is 1. The van der Waals surface area contributed by atoms with Gasteiger partial charge < -0.3 is 14.6 Å². The molecule has 1 heterocycles. The first-order valence-electron chi connectivity index (χ1n) is 6.28. The molecule has 0 bridgehead atoms. The average Bonchev–Trinajstić information content (AvgIpc) is 2.39. The fourth-order valence-corrected chi connectivity index (χ4v) is 3.01. The van der Waals surface area contributed by atoms with Crippen LogP contribution in [0.2, 0.25) is 0 Å². The Morgan fingerprint density at radius 2 is 2.18 bits per heavy atom. The largest absolute Gasteiger partial charge is 0.480 e. The predicted molar refractivity (Wildman–Crippen MR) is 62.0 cm³/mol. The number of methoxy groups -OCH3 is 1. The highest BCUT2D eigenvalue weighted by Gasteiger charge is 2.48. The lowest BCUT2D eigenvalue weighted by atomic mass is 9.78. The molecule has 5 nitrogen and oxygen atoms in total. The monoisotopic (exact) mass is 243 g/mol. The number of hydrogen-bond donors (Lipinski definition) is 1. The Bertz CT molecular complexity index is 278. The minimum atomic E-state index is -0.733. The van der Waals surface area contributed by atoms with Gasteiger partial charge in [-0.25, -0.2) is 0 Å². The second kappa shape index (κ2) is 5.33. The van der Waals surface area contributed by atoms with Crippen LogP contribution in [0.15, 0.2) is 0 Å². The number of carboxylic acids is 1. The second-order valence-corrected chi connectivity index (χ2v) is 4.89. The number of aliphatic carboxylic acids is 1. The molecule has 5 heteroatoms. The maximum absolute atomic E-state index is 11.7. The SMILES string of the molecule is COC1CCCC(C(=O)O)(N2CCOCC2)C1. The molecule has 98 valence electrons. The van der Waals surface area contributed by atoms with E-state index in [1.807, 2.05) is 0 Å². The van der Waals surface area contributed by atoms with E-state index in [1.165, 1.54) is 0 Å². The molecule has 2 rings (SSSR count). The smallest absolute Gasteiger partial charge is 0.324 e. The number of ether oxygens (including phenoxy) is 2. The highest BCUT2D eigenvalue weighted by Crippen LogP contribution is 2.35. The molecule has 1 saturated carbocycles. The van der Waals surface area contributed by atoms with Gasteiger partial charge in [-0.1, -0.05) is 0 Å². The van der Waals surface area contributed by atoms with Crippen LogP contribution >= 0.6 is 0 Å². The molecule has 0 aromatic carbocycles. The van der Waals surface area contributed by atoms with E-state index in [0.29, 0.717) is 32.7 Å². The van der Waals surface area contributed by atoms with Gasteiger partial charge in [0.15, 0.2) is 0 Å². The zero-order valence-corrected chi connectivity index (χ0v) is 10.4. The first-order chi connectivity index (χ1) is 8.19. The Labute approximate surface area is 102 Å². The van der Waals surface area contributed by atoms with E-state index in [-0.39, 0.29) is 6.10 Å². The summed E-state index contributed by atoms with van der Waals surface area (Å²) in [5.74, 6) is -0.707. The first-order valence-corrected chi connectivity index (χ1v) is 6.28. The normalized spacial score (nSPS) is 35.7. The lowest BCUT2D eigenvalue weighted by molar-refractivity contribution is -0.162. The molecule has 0 spiro atoms. The molecule has 2 unspecified atom stereocenters. The van der Waals surface area contributed by atoms with Gasteiger partial charge in [0.1, 0.15) is 5.54 Å². The maximum atomic E-state index is 11.7. The maximum Gasteiger partial charge on any atom is 0.324 e. The number of carbonyl (C=O) groups is 1. The van der Waals surface area contributed by atoms with Crippen molar-refractivity contribution in [1.29, 1.82) is 0 Å². The Morgan fingerprint density at radius 1 is 1.47 bits per heavy atom. The molecule has 1 N–H and O–H groups in total. The molecule has 1 aliphatic heterocycles. The zero-order valence-electron chi connectivity index (χ0n) is 10.4. The van der Waals surface area contributed by atoms with Crippen LogP contribution in [-0.2, 0) is 14.3 Å². The summed E-state index contributed by atoms with van der Waals surface area (Å²) in [5, 5.41) is 9.62. The number of rotatable bonds is 3. The van der Waals surface area contributed by atoms with Gasteiger partial charge in [-0.05, 0) is 19.3 Å². The van der Waals surface area contributed by atoms with E-state index in [0.717, 1.165) is 19.3 Å². The van der Waals surface area contributed by atoms with Crippen LogP contribution in [0.4, 0.5) is 0 Å². The van der Waals surface area contributed by atoms with Crippen LogP contribution in [0.1, 0.15) is 25.7 Å². The van der Waals surface area contributed by atoms with Gasteiger partial charge in [-0.15, -0.1) is 0 Å². The number of morpholine rings is 1. The molecule has 1 aliphatic carbocycles. The quantitative estimate of drug-likeness (QED) is 0.792. The van der Waals surface area contributed by atoms with Gasteiger partial charge in [0, 0.05) is 26.6 Å². The van der Waals surface area contributed by atoms with Crippen LogP contribution in [0, 0.1) is 0 Å². The summed E-state index contributed by atoms with van der Waals surface area (Å²) in [7, 11) is 1.67. The van der Waals surface area contributed by atoms with E-state index < -0.39 is 11.5 Å². The third-order valence-corrected chi connectivity index (χ3v) is 4.03. The summed E-state index contributed by atoms with van der Waals surface area (Å²) in [4.78, 5) is 13.8. The van der Waals surface area contributed by atoms with Crippen molar-refractivity contribution >= 4 is 5.97 Å². The van der Waals surface area contributed by atoms with Crippen molar-refractivity contribution in [1.82, 2.24) is 4.90 Å². The fraction of sp³-hybridized carbons (Fsp3) is 0.917. The van der Waals surface area contributed by atoms with E-state index in [1.54, 1.807) is 7.11 Å². The molecule has 0 amide bonds. The molecular weight excluding hydrogens is 222 g/mol. The molecule has 2 fully saturated rings. The van der Waals surface area contributed by atoms with Crippen molar-refractivity contribution in [3.05, 3.63) is 0 Å². The number of hydrogen-bond acceptors (Lipinski definition) is 4. The summed E-state index contributed by atoms with van der Waals surface area (Å²) < 4.78 is 10.7.